The second-order valence-electron chi connectivity index (χ2n) is 5.98. The van der Waals surface area contributed by atoms with Crippen LogP contribution >= 0.6 is 0 Å². The molecular weight excluding hydrogens is 226 g/mol. The van der Waals surface area contributed by atoms with Crippen LogP contribution in [-0.2, 0) is 13.0 Å². The first-order valence-corrected chi connectivity index (χ1v) is 6.38. The largest absolute Gasteiger partial charge is 0.388 e. The van der Waals surface area contributed by atoms with E-state index in [0.717, 1.165) is 30.6 Å². The van der Waals surface area contributed by atoms with Crippen molar-refractivity contribution in [2.75, 3.05) is 0 Å². The lowest BCUT2D eigenvalue weighted by atomic mass is 9.75. The summed E-state index contributed by atoms with van der Waals surface area (Å²) in [6, 6.07) is 2.05. The molecule has 0 aliphatic heterocycles. The van der Waals surface area contributed by atoms with Gasteiger partial charge in [0.15, 0.2) is 0 Å². The predicted octanol–water partition coefficient (Wildman–Crippen LogP) is 2.27. The topological polar surface area (TPSA) is 53.8 Å². The van der Waals surface area contributed by atoms with Gasteiger partial charge in [-0.05, 0) is 24.3 Å². The van der Waals surface area contributed by atoms with Crippen molar-refractivity contribution in [3.8, 4) is 0 Å². The molecule has 2 aromatic rings. The number of nitrogens with one attached hydrogen (secondary N) is 1. The zero-order chi connectivity index (χ0) is 12.8. The highest BCUT2D eigenvalue weighted by Gasteiger charge is 2.33. The lowest BCUT2D eigenvalue weighted by Gasteiger charge is -2.33. The maximum Gasteiger partial charge on any atom is 0.0922 e. The van der Waals surface area contributed by atoms with Crippen molar-refractivity contribution in [3.63, 3.8) is 0 Å². The molecule has 2 aromatic heterocycles. The first-order chi connectivity index (χ1) is 8.55. The van der Waals surface area contributed by atoms with Crippen LogP contribution in [0.25, 0.3) is 0 Å². The van der Waals surface area contributed by atoms with Gasteiger partial charge < -0.3 is 14.7 Å². The average Bonchev–Trinajstić information content (AvgIpc) is 2.88. The molecule has 1 aliphatic carbocycles. The molecule has 0 radical (unpaired) electrons. The molecule has 2 N–H and O–H groups in total. The second kappa shape index (κ2) is 3.99. The van der Waals surface area contributed by atoms with Gasteiger partial charge in [0.1, 0.15) is 0 Å². The summed E-state index contributed by atoms with van der Waals surface area (Å²) in [6.45, 7) is 5.22. The third kappa shape index (κ3) is 1.97. The second-order valence-corrected chi connectivity index (χ2v) is 5.98. The molecule has 1 atom stereocenters. The normalized spacial score (nSPS) is 21.8. The molecule has 0 fully saturated rings. The van der Waals surface area contributed by atoms with Crippen molar-refractivity contribution in [3.05, 3.63) is 41.7 Å². The fourth-order valence-electron chi connectivity index (χ4n) is 2.89. The summed E-state index contributed by atoms with van der Waals surface area (Å²) >= 11 is 0. The molecular formula is C14H19N3O. The summed E-state index contributed by atoms with van der Waals surface area (Å²) in [5, 5.41) is 10.2. The van der Waals surface area contributed by atoms with E-state index in [0.29, 0.717) is 0 Å². The zero-order valence-corrected chi connectivity index (χ0v) is 10.8. The minimum absolute atomic E-state index is 0.163. The van der Waals surface area contributed by atoms with Crippen LogP contribution < -0.4 is 0 Å². The summed E-state index contributed by atoms with van der Waals surface area (Å²) in [5.41, 5.74) is 3.60. The van der Waals surface area contributed by atoms with Crippen LogP contribution in [0.4, 0.5) is 0 Å². The molecule has 1 unspecified atom stereocenters. The number of aliphatic hydroxyl groups is 1. The average molecular weight is 245 g/mol. The van der Waals surface area contributed by atoms with Gasteiger partial charge in [-0.25, -0.2) is 4.98 Å². The summed E-state index contributed by atoms with van der Waals surface area (Å²) in [7, 11) is 0. The molecule has 18 heavy (non-hydrogen) atoms. The number of hydrogen-bond donors (Lipinski definition) is 2. The highest BCUT2D eigenvalue weighted by atomic mass is 16.3. The zero-order valence-electron chi connectivity index (χ0n) is 10.8. The van der Waals surface area contributed by atoms with Crippen LogP contribution in [0, 0.1) is 5.41 Å². The molecule has 3 rings (SSSR count). The SMILES string of the molecule is CC1(C)Cc2c(ccn2Cc2cnc[nH]2)C(O)C1. The van der Waals surface area contributed by atoms with Gasteiger partial charge in [0.05, 0.1) is 24.7 Å². The van der Waals surface area contributed by atoms with E-state index in [2.05, 4.69) is 34.6 Å². The Balaban J connectivity index is 1.94. The molecule has 2 heterocycles. The third-order valence-corrected chi connectivity index (χ3v) is 3.76. The molecule has 0 saturated heterocycles. The monoisotopic (exact) mass is 245 g/mol. The van der Waals surface area contributed by atoms with Crippen LogP contribution in [0.2, 0.25) is 0 Å². The van der Waals surface area contributed by atoms with Crippen LogP contribution in [-0.4, -0.2) is 19.6 Å². The van der Waals surface area contributed by atoms with Crippen LogP contribution in [0.1, 0.15) is 43.3 Å². The van der Waals surface area contributed by atoms with E-state index in [1.165, 1.54) is 5.69 Å². The number of aromatic amines is 1. The summed E-state index contributed by atoms with van der Waals surface area (Å²) in [6.07, 6.45) is 7.14. The number of H-pyrrole nitrogens is 1. The summed E-state index contributed by atoms with van der Waals surface area (Å²) < 4.78 is 2.22. The highest BCUT2D eigenvalue weighted by molar-refractivity contribution is 5.29. The fraction of sp³-hybridized carbons (Fsp3) is 0.500. The molecule has 96 valence electrons. The Kier molecular flexibility index (Phi) is 2.55. The Bertz CT molecular complexity index is 539. The smallest absolute Gasteiger partial charge is 0.0922 e. The lowest BCUT2D eigenvalue weighted by Crippen LogP contribution is -2.26. The number of fused-ring (bicyclic) bond motifs is 1. The van der Waals surface area contributed by atoms with Crippen molar-refractivity contribution in [2.24, 2.45) is 5.41 Å². The number of hydrogen-bond acceptors (Lipinski definition) is 2. The standard InChI is InChI=1S/C14H19N3O/c1-14(2)5-12-11(13(18)6-14)3-4-17(12)8-10-7-15-9-16-10/h3-4,7,9,13,18H,5-6,8H2,1-2H3,(H,15,16). The Morgan fingerprint density at radius 2 is 2.39 bits per heavy atom. The number of nitrogens with zero attached hydrogens (tertiary/aromatic N) is 2. The third-order valence-electron chi connectivity index (χ3n) is 3.76. The van der Waals surface area contributed by atoms with Gasteiger partial charge in [0, 0.05) is 23.7 Å². The quantitative estimate of drug-likeness (QED) is 0.852. The van der Waals surface area contributed by atoms with Crippen molar-refractivity contribution in [1.82, 2.24) is 14.5 Å². The molecule has 0 spiro atoms. The number of aliphatic hydroxyl groups excluding tert-OH is 1. The van der Waals surface area contributed by atoms with Crippen molar-refractivity contribution in [2.45, 2.75) is 39.3 Å². The lowest BCUT2D eigenvalue weighted by molar-refractivity contribution is 0.0981. The Hall–Kier alpha value is -1.55. The Labute approximate surface area is 107 Å². The maximum absolute atomic E-state index is 10.2. The molecule has 1 aliphatic rings. The van der Waals surface area contributed by atoms with Crippen LogP contribution in [0.5, 0.6) is 0 Å². The molecule has 0 bridgehead atoms. The van der Waals surface area contributed by atoms with Gasteiger partial charge >= 0.3 is 0 Å². The minimum Gasteiger partial charge on any atom is -0.388 e. The highest BCUT2D eigenvalue weighted by Crippen LogP contribution is 2.41. The first-order valence-electron chi connectivity index (χ1n) is 6.38. The molecule has 4 nitrogen and oxygen atoms in total. The first kappa shape index (κ1) is 11.5. The number of imidazole rings is 1. The number of aromatic nitrogens is 3. The van der Waals surface area contributed by atoms with E-state index >= 15 is 0 Å². The number of rotatable bonds is 2. The van der Waals surface area contributed by atoms with E-state index in [-0.39, 0.29) is 11.5 Å². The molecule has 0 saturated carbocycles. The van der Waals surface area contributed by atoms with E-state index in [1.807, 2.05) is 12.3 Å². The molecule has 4 heteroatoms. The Morgan fingerprint density at radius 3 is 3.11 bits per heavy atom. The van der Waals surface area contributed by atoms with Gasteiger partial charge in [-0.1, -0.05) is 13.8 Å². The van der Waals surface area contributed by atoms with E-state index in [4.69, 9.17) is 0 Å². The molecule has 0 aromatic carbocycles. The van der Waals surface area contributed by atoms with E-state index in [1.54, 1.807) is 6.33 Å². The van der Waals surface area contributed by atoms with Crippen molar-refractivity contribution < 1.29 is 5.11 Å². The van der Waals surface area contributed by atoms with Gasteiger partial charge in [-0.15, -0.1) is 0 Å². The van der Waals surface area contributed by atoms with Gasteiger partial charge in [0.2, 0.25) is 0 Å². The fourth-order valence-corrected chi connectivity index (χ4v) is 2.89. The van der Waals surface area contributed by atoms with Gasteiger partial charge in [-0.3, -0.25) is 0 Å². The van der Waals surface area contributed by atoms with Crippen molar-refractivity contribution >= 4 is 0 Å². The summed E-state index contributed by atoms with van der Waals surface area (Å²) in [5.74, 6) is 0. The van der Waals surface area contributed by atoms with Crippen LogP contribution in [0.15, 0.2) is 24.8 Å². The van der Waals surface area contributed by atoms with E-state index < -0.39 is 0 Å². The summed E-state index contributed by atoms with van der Waals surface area (Å²) in [4.78, 5) is 7.16. The maximum atomic E-state index is 10.2. The van der Waals surface area contributed by atoms with Gasteiger partial charge in [-0.2, -0.15) is 0 Å². The van der Waals surface area contributed by atoms with Crippen LogP contribution in [0.3, 0.4) is 0 Å². The molecule has 0 amide bonds. The van der Waals surface area contributed by atoms with Gasteiger partial charge in [0.25, 0.3) is 0 Å². The Morgan fingerprint density at radius 1 is 1.56 bits per heavy atom. The van der Waals surface area contributed by atoms with Crippen molar-refractivity contribution in [1.29, 1.82) is 0 Å². The minimum atomic E-state index is -0.327. The van der Waals surface area contributed by atoms with E-state index in [9.17, 15) is 5.11 Å². The predicted molar refractivity (Wildman–Crippen MR) is 69.2 cm³/mol.